The van der Waals surface area contributed by atoms with Crippen LogP contribution in [0.25, 0.3) is 0 Å². The molecule has 0 radical (unpaired) electrons. The van der Waals surface area contributed by atoms with Crippen molar-refractivity contribution in [1.82, 2.24) is 0 Å². The van der Waals surface area contributed by atoms with E-state index >= 15 is 0 Å². The van der Waals surface area contributed by atoms with Crippen molar-refractivity contribution in [2.75, 3.05) is 38.0 Å². The summed E-state index contributed by atoms with van der Waals surface area (Å²) in [5.74, 6) is 0. The molecule has 0 N–H and O–H groups in total. The molecule has 1 aromatic rings. The van der Waals surface area contributed by atoms with E-state index in [1.54, 1.807) is 26.8 Å². The van der Waals surface area contributed by atoms with Crippen LogP contribution in [0.2, 0.25) is 0 Å². The Morgan fingerprint density at radius 1 is 0.824 bits per heavy atom. The number of nitrogens with zero attached hydrogens (tertiary/aromatic N) is 4. The molecule has 5 heteroatoms. The molecule has 0 spiro atoms. The lowest BCUT2D eigenvalue weighted by Gasteiger charge is -2.16. The largest absolute Gasteiger partial charge is 0.336 e. The zero-order chi connectivity index (χ0) is 12.0. The maximum Gasteiger partial charge on any atom is 0.0888 e. The van der Waals surface area contributed by atoms with Crippen molar-refractivity contribution in [1.29, 1.82) is 0 Å². The van der Waals surface area contributed by atoms with Crippen LogP contribution in [0.5, 0.6) is 0 Å². The van der Waals surface area contributed by atoms with Crippen LogP contribution >= 0.6 is 12.4 Å². The molecule has 0 aliphatic heterocycles. The number of rotatable bonds is 4. The second kappa shape index (κ2) is 7.68. The Morgan fingerprint density at radius 2 is 1.12 bits per heavy atom. The number of hydrogen-bond donors (Lipinski definition) is 0. The molecule has 0 heterocycles. The molecule has 0 saturated heterocycles. The minimum absolute atomic E-state index is 0. The molecule has 0 bridgehead atoms. The molecular formula is C12H19ClN4. The Kier molecular flexibility index (Phi) is 6.98. The van der Waals surface area contributed by atoms with E-state index < -0.39 is 0 Å². The summed E-state index contributed by atoms with van der Waals surface area (Å²) in [7, 11) is 7.46. The summed E-state index contributed by atoms with van der Waals surface area (Å²) in [6.45, 7) is 0. The highest BCUT2D eigenvalue weighted by Crippen LogP contribution is 2.17. The Labute approximate surface area is 109 Å². The summed E-state index contributed by atoms with van der Waals surface area (Å²) >= 11 is 0. The van der Waals surface area contributed by atoms with Crippen LogP contribution in [0.4, 0.5) is 11.4 Å². The SMILES string of the molecule is CN=CN(C)c1ccc(N(C)C=NC)cc1.Cl. The smallest absolute Gasteiger partial charge is 0.0888 e. The van der Waals surface area contributed by atoms with Gasteiger partial charge in [0.2, 0.25) is 0 Å². The lowest BCUT2D eigenvalue weighted by molar-refractivity contribution is 1.24. The Bertz CT molecular complexity index is 336. The molecule has 0 amide bonds. The number of anilines is 2. The Morgan fingerprint density at radius 3 is 1.35 bits per heavy atom. The summed E-state index contributed by atoms with van der Waals surface area (Å²) in [5, 5.41) is 0. The maximum absolute atomic E-state index is 3.97. The van der Waals surface area contributed by atoms with Crippen LogP contribution in [-0.4, -0.2) is 40.9 Å². The highest BCUT2D eigenvalue weighted by atomic mass is 35.5. The Balaban J connectivity index is 0.00000256. The molecule has 0 unspecified atom stereocenters. The van der Waals surface area contributed by atoms with Crippen LogP contribution in [0.1, 0.15) is 0 Å². The van der Waals surface area contributed by atoms with E-state index in [2.05, 4.69) is 34.3 Å². The van der Waals surface area contributed by atoms with Crippen LogP contribution in [0.15, 0.2) is 34.3 Å². The first kappa shape index (κ1) is 15.4. The van der Waals surface area contributed by atoms with Gasteiger partial charge in [-0.05, 0) is 24.3 Å². The van der Waals surface area contributed by atoms with Crippen molar-refractivity contribution in [2.24, 2.45) is 9.98 Å². The molecule has 0 aromatic heterocycles. The minimum Gasteiger partial charge on any atom is -0.336 e. The van der Waals surface area contributed by atoms with Gasteiger partial charge >= 0.3 is 0 Å². The van der Waals surface area contributed by atoms with Gasteiger partial charge in [-0.2, -0.15) is 0 Å². The first-order valence-corrected chi connectivity index (χ1v) is 5.09. The minimum atomic E-state index is 0. The first-order valence-electron chi connectivity index (χ1n) is 5.09. The fourth-order valence-corrected chi connectivity index (χ4v) is 1.40. The topological polar surface area (TPSA) is 31.2 Å². The van der Waals surface area contributed by atoms with Gasteiger partial charge in [0.05, 0.1) is 12.7 Å². The van der Waals surface area contributed by atoms with Crippen LogP contribution in [-0.2, 0) is 0 Å². The van der Waals surface area contributed by atoms with E-state index in [9.17, 15) is 0 Å². The predicted molar refractivity (Wildman–Crippen MR) is 79.3 cm³/mol. The first-order chi connectivity index (χ1) is 7.69. The average Bonchev–Trinajstić information content (AvgIpc) is 2.30. The normalized spacial score (nSPS) is 10.6. The van der Waals surface area contributed by atoms with Crippen molar-refractivity contribution < 1.29 is 0 Å². The van der Waals surface area contributed by atoms with Crippen molar-refractivity contribution >= 4 is 36.5 Å². The zero-order valence-corrected chi connectivity index (χ0v) is 11.5. The van der Waals surface area contributed by atoms with Crippen LogP contribution in [0, 0.1) is 0 Å². The predicted octanol–water partition coefficient (Wildman–Crippen LogP) is 2.30. The fourth-order valence-electron chi connectivity index (χ4n) is 1.40. The summed E-state index contributed by atoms with van der Waals surface area (Å²) in [6.07, 6.45) is 3.57. The monoisotopic (exact) mass is 254 g/mol. The van der Waals surface area contributed by atoms with Gasteiger partial charge in [-0.15, -0.1) is 12.4 Å². The second-order valence-corrected chi connectivity index (χ2v) is 3.49. The lowest BCUT2D eigenvalue weighted by Crippen LogP contribution is -2.16. The Hall–Kier alpha value is -1.55. The third kappa shape index (κ3) is 4.44. The number of hydrogen-bond acceptors (Lipinski definition) is 2. The van der Waals surface area contributed by atoms with Gasteiger partial charge in [0, 0.05) is 39.6 Å². The van der Waals surface area contributed by atoms with Crippen molar-refractivity contribution in [3.05, 3.63) is 24.3 Å². The van der Waals surface area contributed by atoms with Crippen LogP contribution < -0.4 is 9.80 Å². The zero-order valence-electron chi connectivity index (χ0n) is 10.7. The molecular weight excluding hydrogens is 236 g/mol. The van der Waals surface area contributed by atoms with Crippen molar-refractivity contribution in [3.63, 3.8) is 0 Å². The van der Waals surface area contributed by atoms with Gasteiger partial charge < -0.3 is 9.80 Å². The quantitative estimate of drug-likeness (QED) is 0.610. The van der Waals surface area contributed by atoms with Gasteiger partial charge in [0.15, 0.2) is 0 Å². The molecule has 1 rings (SSSR count). The number of aliphatic imine (C=N–C) groups is 2. The van der Waals surface area contributed by atoms with Crippen LogP contribution in [0.3, 0.4) is 0 Å². The van der Waals surface area contributed by atoms with E-state index in [4.69, 9.17) is 0 Å². The standard InChI is InChI=1S/C12H18N4.ClH/c1-13-9-15(3)11-5-7-12(8-6-11)16(4)10-14-2;/h5-10H,1-4H3;1H. The van der Waals surface area contributed by atoms with Gasteiger partial charge in [-0.3, -0.25) is 9.98 Å². The van der Waals surface area contributed by atoms with Gasteiger partial charge in [-0.25, -0.2) is 0 Å². The highest BCUT2D eigenvalue weighted by Gasteiger charge is 1.99. The van der Waals surface area contributed by atoms with E-state index in [1.807, 2.05) is 23.9 Å². The summed E-state index contributed by atoms with van der Waals surface area (Å²) < 4.78 is 0. The van der Waals surface area contributed by atoms with Gasteiger partial charge in [0.1, 0.15) is 0 Å². The molecule has 0 fully saturated rings. The number of benzene rings is 1. The fraction of sp³-hybridized carbons (Fsp3) is 0.333. The average molecular weight is 255 g/mol. The molecule has 0 aliphatic carbocycles. The van der Waals surface area contributed by atoms with E-state index in [0.717, 1.165) is 11.4 Å². The molecule has 94 valence electrons. The molecule has 1 aromatic carbocycles. The summed E-state index contributed by atoms with van der Waals surface area (Å²) in [4.78, 5) is 11.9. The van der Waals surface area contributed by atoms with Gasteiger partial charge in [-0.1, -0.05) is 0 Å². The molecule has 4 nitrogen and oxygen atoms in total. The summed E-state index contributed by atoms with van der Waals surface area (Å²) in [6, 6.07) is 8.21. The van der Waals surface area contributed by atoms with Crippen molar-refractivity contribution in [2.45, 2.75) is 0 Å². The molecule has 17 heavy (non-hydrogen) atoms. The lowest BCUT2D eigenvalue weighted by atomic mass is 10.2. The van der Waals surface area contributed by atoms with Gasteiger partial charge in [0.25, 0.3) is 0 Å². The third-order valence-electron chi connectivity index (χ3n) is 2.24. The molecule has 0 atom stereocenters. The molecule has 0 saturated carbocycles. The maximum atomic E-state index is 3.97. The third-order valence-corrected chi connectivity index (χ3v) is 2.24. The van der Waals surface area contributed by atoms with E-state index in [-0.39, 0.29) is 12.4 Å². The van der Waals surface area contributed by atoms with Crippen molar-refractivity contribution in [3.8, 4) is 0 Å². The second-order valence-electron chi connectivity index (χ2n) is 3.49. The summed E-state index contributed by atoms with van der Waals surface area (Å²) in [5.41, 5.74) is 2.22. The number of halogens is 1. The highest BCUT2D eigenvalue weighted by molar-refractivity contribution is 5.85. The van der Waals surface area contributed by atoms with E-state index in [0.29, 0.717) is 0 Å². The molecule has 0 aliphatic rings. The van der Waals surface area contributed by atoms with E-state index in [1.165, 1.54) is 0 Å².